The number of carbonyl (C=O) groups excluding carboxylic acids is 3. The summed E-state index contributed by atoms with van der Waals surface area (Å²) in [7, 11) is 1.55. The monoisotopic (exact) mass is 655 g/mol. The third kappa shape index (κ3) is 7.62. The Morgan fingerprint density at radius 2 is 1.87 bits per heavy atom. The van der Waals surface area contributed by atoms with Gasteiger partial charge in [-0.1, -0.05) is 30.3 Å². The molecule has 3 aliphatic heterocycles. The van der Waals surface area contributed by atoms with Crippen LogP contribution in [0.5, 0.6) is 5.75 Å². The smallest absolute Gasteiger partial charge is 0.407 e. The van der Waals surface area contributed by atoms with E-state index in [0.29, 0.717) is 18.9 Å². The number of hydrogen-bond acceptors (Lipinski definition) is 9. The fraction of sp³-hybridized carbons (Fsp3) is 0.559. The van der Waals surface area contributed by atoms with Crippen LogP contribution in [0.3, 0.4) is 0 Å². The van der Waals surface area contributed by atoms with Gasteiger partial charge in [0.25, 0.3) is 5.91 Å². The van der Waals surface area contributed by atoms with Gasteiger partial charge in [0.2, 0.25) is 5.91 Å². The zero-order valence-corrected chi connectivity index (χ0v) is 27.9. The summed E-state index contributed by atoms with van der Waals surface area (Å²) >= 11 is 1.46. The first kappa shape index (κ1) is 34.0. The lowest BCUT2D eigenvalue weighted by atomic mass is 9.96. The number of rotatable bonds is 10. The summed E-state index contributed by atoms with van der Waals surface area (Å²) in [6.45, 7) is 8.96. The third-order valence-corrected chi connectivity index (χ3v) is 10.5. The number of aliphatic hydroxyl groups is 1. The van der Waals surface area contributed by atoms with Gasteiger partial charge in [-0.15, -0.1) is 11.8 Å². The first-order chi connectivity index (χ1) is 22.0. The Labute approximate surface area is 274 Å². The Balaban J connectivity index is 1.32. The van der Waals surface area contributed by atoms with E-state index in [2.05, 4.69) is 10.6 Å². The fourth-order valence-corrected chi connectivity index (χ4v) is 7.66. The van der Waals surface area contributed by atoms with E-state index in [9.17, 15) is 19.5 Å². The largest absolute Gasteiger partial charge is 0.497 e. The van der Waals surface area contributed by atoms with E-state index in [4.69, 9.17) is 18.9 Å². The minimum atomic E-state index is -1.66. The molecule has 0 aliphatic carbocycles. The SMILES string of the molecule is COc1cccc(C[C@H](NC(=O)O[C@@H]2CO[C@@H]3OCCC[C@@H]32)[C@H](O)C(=O)N2CSC(C)(C)[C@H]2C(=O)NCc2c(C)cccc2C)c1. The summed E-state index contributed by atoms with van der Waals surface area (Å²) < 4.78 is 21.8. The molecule has 11 nitrogen and oxygen atoms in total. The van der Waals surface area contributed by atoms with Crippen molar-refractivity contribution in [2.75, 3.05) is 26.2 Å². The number of methoxy groups -OCH3 is 1. The summed E-state index contributed by atoms with van der Waals surface area (Å²) in [5.41, 5.74) is 3.90. The number of aryl methyl sites for hydroxylation is 2. The number of fused-ring (bicyclic) bond motifs is 1. The first-order valence-corrected chi connectivity index (χ1v) is 16.8. The molecule has 3 fully saturated rings. The van der Waals surface area contributed by atoms with Crippen LogP contribution in [0.15, 0.2) is 42.5 Å². The van der Waals surface area contributed by atoms with Crippen molar-refractivity contribution in [3.8, 4) is 5.75 Å². The number of amides is 3. The molecule has 46 heavy (non-hydrogen) atoms. The Bertz CT molecular complexity index is 1400. The molecule has 0 bridgehead atoms. The van der Waals surface area contributed by atoms with Crippen molar-refractivity contribution < 1.29 is 38.4 Å². The summed E-state index contributed by atoms with van der Waals surface area (Å²) in [6, 6.07) is 11.3. The van der Waals surface area contributed by atoms with Crippen LogP contribution in [0.25, 0.3) is 0 Å². The maximum Gasteiger partial charge on any atom is 0.407 e. The lowest BCUT2D eigenvalue weighted by Crippen LogP contribution is -2.58. The van der Waals surface area contributed by atoms with Crippen LogP contribution in [0.1, 0.15) is 48.9 Å². The van der Waals surface area contributed by atoms with Gasteiger partial charge in [-0.3, -0.25) is 9.59 Å². The van der Waals surface area contributed by atoms with E-state index in [1.807, 2.05) is 52.0 Å². The second-order valence-corrected chi connectivity index (χ2v) is 14.3. The molecule has 3 heterocycles. The summed E-state index contributed by atoms with van der Waals surface area (Å²) in [6.07, 6.45) is -1.56. The number of ether oxygens (including phenoxy) is 4. The Morgan fingerprint density at radius 3 is 2.61 bits per heavy atom. The highest BCUT2D eigenvalue weighted by molar-refractivity contribution is 8.00. The van der Waals surface area contributed by atoms with E-state index in [1.165, 1.54) is 16.7 Å². The lowest BCUT2D eigenvalue weighted by Gasteiger charge is -2.33. The van der Waals surface area contributed by atoms with Crippen molar-refractivity contribution in [3.63, 3.8) is 0 Å². The molecule has 3 amide bonds. The van der Waals surface area contributed by atoms with Crippen molar-refractivity contribution in [2.45, 2.75) is 88.8 Å². The molecule has 0 saturated carbocycles. The average molecular weight is 656 g/mol. The van der Waals surface area contributed by atoms with Crippen LogP contribution in [0, 0.1) is 19.8 Å². The molecule has 0 unspecified atom stereocenters. The lowest BCUT2D eigenvalue weighted by molar-refractivity contribution is -0.152. The molecule has 3 saturated heterocycles. The maximum absolute atomic E-state index is 14.0. The van der Waals surface area contributed by atoms with Gasteiger partial charge in [-0.05, 0) is 81.3 Å². The van der Waals surface area contributed by atoms with Gasteiger partial charge in [-0.25, -0.2) is 4.79 Å². The topological polar surface area (TPSA) is 136 Å². The molecule has 250 valence electrons. The second kappa shape index (κ2) is 14.6. The van der Waals surface area contributed by atoms with Crippen LogP contribution < -0.4 is 15.4 Å². The fourth-order valence-electron chi connectivity index (χ4n) is 6.52. The van der Waals surface area contributed by atoms with Crippen LogP contribution in [0.4, 0.5) is 4.79 Å². The van der Waals surface area contributed by atoms with Crippen LogP contribution >= 0.6 is 11.8 Å². The number of hydrogen-bond donors (Lipinski definition) is 3. The van der Waals surface area contributed by atoms with Crippen molar-refractivity contribution in [2.24, 2.45) is 5.92 Å². The molecule has 0 aromatic heterocycles. The number of aliphatic hydroxyl groups excluding tert-OH is 1. The highest BCUT2D eigenvalue weighted by Crippen LogP contribution is 2.40. The highest BCUT2D eigenvalue weighted by Gasteiger charge is 2.50. The van der Waals surface area contributed by atoms with Gasteiger partial charge < -0.3 is 39.6 Å². The first-order valence-electron chi connectivity index (χ1n) is 15.8. The normalized spacial score (nSPS) is 24.9. The molecular formula is C34H45N3O8S. The van der Waals surface area contributed by atoms with Gasteiger partial charge >= 0.3 is 6.09 Å². The molecule has 0 spiro atoms. The standard InChI is InChI=1S/C34H45N3O8S/c1-20-9-6-10-21(2)25(20)17-35-30(39)29-34(3,4)46-19-37(29)31(40)28(38)26(16-22-11-7-12-23(15-22)42-5)36-33(41)45-27-18-44-32-24(27)13-8-14-43-32/h6-7,9-12,15,24,26-29,32,38H,8,13-14,16-19H2,1-5H3,(H,35,39)(H,36,41)/t24-,26+,27-,28+,29-,32+/m1/s1. The molecule has 5 rings (SSSR count). The van der Waals surface area contributed by atoms with Gasteiger partial charge in [0.15, 0.2) is 12.4 Å². The molecule has 3 aliphatic rings. The molecule has 2 aromatic carbocycles. The average Bonchev–Trinajstić information content (AvgIpc) is 3.59. The highest BCUT2D eigenvalue weighted by atomic mass is 32.2. The van der Waals surface area contributed by atoms with E-state index < -0.39 is 47.3 Å². The molecule has 3 N–H and O–H groups in total. The van der Waals surface area contributed by atoms with Crippen LogP contribution in [-0.4, -0.2) is 89.4 Å². The van der Waals surface area contributed by atoms with Crippen molar-refractivity contribution in [1.29, 1.82) is 0 Å². The Kier molecular flexibility index (Phi) is 10.8. The summed E-state index contributed by atoms with van der Waals surface area (Å²) in [5.74, 6) is -0.217. The number of thioether (sulfide) groups is 1. The molecule has 2 aromatic rings. The Morgan fingerprint density at radius 1 is 1.13 bits per heavy atom. The quantitative estimate of drug-likeness (QED) is 0.352. The Hall–Kier alpha value is -3.32. The molecular weight excluding hydrogens is 610 g/mol. The van der Waals surface area contributed by atoms with E-state index in [0.717, 1.165) is 35.1 Å². The number of carbonyl (C=O) groups is 3. The van der Waals surface area contributed by atoms with Crippen molar-refractivity contribution in [1.82, 2.24) is 15.5 Å². The van der Waals surface area contributed by atoms with Crippen LogP contribution in [0.2, 0.25) is 0 Å². The molecule has 6 atom stereocenters. The zero-order valence-electron chi connectivity index (χ0n) is 27.1. The van der Waals surface area contributed by atoms with Crippen molar-refractivity contribution in [3.05, 3.63) is 64.7 Å². The predicted octanol–water partition coefficient (Wildman–Crippen LogP) is 3.46. The van der Waals surface area contributed by atoms with Gasteiger partial charge in [0.1, 0.15) is 17.9 Å². The van der Waals surface area contributed by atoms with E-state index in [-0.39, 0.29) is 30.7 Å². The molecule has 12 heteroatoms. The summed E-state index contributed by atoms with van der Waals surface area (Å²) in [5, 5.41) is 17.4. The number of benzene rings is 2. The van der Waals surface area contributed by atoms with Gasteiger partial charge in [0, 0.05) is 23.8 Å². The minimum absolute atomic E-state index is 0.0746. The van der Waals surface area contributed by atoms with E-state index in [1.54, 1.807) is 25.3 Å². The van der Waals surface area contributed by atoms with Gasteiger partial charge in [-0.2, -0.15) is 0 Å². The zero-order chi connectivity index (χ0) is 33.0. The second-order valence-electron chi connectivity index (χ2n) is 12.7. The summed E-state index contributed by atoms with van der Waals surface area (Å²) in [4.78, 5) is 42.4. The van der Waals surface area contributed by atoms with E-state index >= 15 is 0 Å². The third-order valence-electron chi connectivity index (χ3n) is 9.16. The van der Waals surface area contributed by atoms with Gasteiger partial charge in [0.05, 0.1) is 25.6 Å². The number of alkyl carbamates (subject to hydrolysis) is 1. The van der Waals surface area contributed by atoms with Crippen LogP contribution in [-0.2, 0) is 36.8 Å². The predicted molar refractivity (Wildman–Crippen MR) is 173 cm³/mol. The number of nitrogens with one attached hydrogen (secondary N) is 2. The van der Waals surface area contributed by atoms with Crippen molar-refractivity contribution >= 4 is 29.7 Å². The molecule has 0 radical (unpaired) electrons. The minimum Gasteiger partial charge on any atom is -0.497 e. The maximum atomic E-state index is 14.0. The number of nitrogens with zero attached hydrogens (tertiary/aromatic N) is 1.